The second kappa shape index (κ2) is 10.0. The number of hydrogen-bond donors (Lipinski definition) is 1. The molecular formula is C15H29Cl2N3O3. The van der Waals surface area contributed by atoms with Crippen LogP contribution < -0.4 is 5.32 Å². The zero-order valence-electron chi connectivity index (χ0n) is 13.7. The molecule has 1 N–H and O–H groups in total. The second-order valence-corrected chi connectivity index (χ2v) is 6.36. The van der Waals surface area contributed by atoms with Gasteiger partial charge >= 0.3 is 0 Å². The number of rotatable bonds is 3. The molecule has 0 bridgehead atoms. The van der Waals surface area contributed by atoms with Gasteiger partial charge in [0.25, 0.3) is 0 Å². The minimum absolute atomic E-state index is 0. The average molecular weight is 370 g/mol. The van der Waals surface area contributed by atoms with Crippen LogP contribution >= 0.6 is 24.8 Å². The molecule has 3 aliphatic rings. The average Bonchev–Trinajstić information content (AvgIpc) is 2.97. The maximum atomic E-state index is 12.6. The Labute approximate surface area is 151 Å². The fraction of sp³-hybridized carbons (Fsp3) is 0.933. The molecule has 3 rings (SSSR count). The molecular weight excluding hydrogens is 341 g/mol. The molecule has 0 aromatic rings. The number of nitrogens with one attached hydrogen (secondary N) is 1. The molecule has 0 aliphatic carbocycles. The third kappa shape index (κ3) is 5.44. The predicted molar refractivity (Wildman–Crippen MR) is 93.6 cm³/mol. The van der Waals surface area contributed by atoms with Crippen molar-refractivity contribution >= 4 is 30.7 Å². The van der Waals surface area contributed by atoms with E-state index in [0.29, 0.717) is 12.5 Å². The van der Waals surface area contributed by atoms with Crippen molar-refractivity contribution < 1.29 is 14.3 Å². The maximum Gasteiger partial charge on any atom is 0.242 e. The van der Waals surface area contributed by atoms with Crippen molar-refractivity contribution in [1.29, 1.82) is 0 Å². The van der Waals surface area contributed by atoms with E-state index in [4.69, 9.17) is 9.47 Å². The van der Waals surface area contributed by atoms with Gasteiger partial charge in [-0.15, -0.1) is 24.8 Å². The number of morpholine rings is 2. The highest BCUT2D eigenvalue weighted by atomic mass is 35.5. The van der Waals surface area contributed by atoms with E-state index in [0.717, 1.165) is 58.9 Å². The molecule has 1 amide bonds. The predicted octanol–water partition coefficient (Wildman–Crippen LogP) is 0.388. The number of ether oxygens (including phenoxy) is 2. The van der Waals surface area contributed by atoms with Crippen LogP contribution in [0.2, 0.25) is 0 Å². The Hall–Kier alpha value is -0.110. The summed E-state index contributed by atoms with van der Waals surface area (Å²) in [4.78, 5) is 17.1. The lowest BCUT2D eigenvalue weighted by atomic mass is 10.1. The fourth-order valence-electron chi connectivity index (χ4n) is 3.54. The number of halogens is 2. The number of likely N-dealkylation sites (tertiary alicyclic amines) is 1. The van der Waals surface area contributed by atoms with Gasteiger partial charge in [0.05, 0.1) is 25.9 Å². The zero-order chi connectivity index (χ0) is 14.7. The summed E-state index contributed by atoms with van der Waals surface area (Å²) in [5, 5.41) is 3.30. The first-order valence-corrected chi connectivity index (χ1v) is 8.18. The zero-order valence-corrected chi connectivity index (χ0v) is 15.4. The van der Waals surface area contributed by atoms with Gasteiger partial charge in [0.1, 0.15) is 6.04 Å². The molecule has 1 unspecified atom stereocenters. The topological polar surface area (TPSA) is 54.0 Å². The van der Waals surface area contributed by atoms with Crippen molar-refractivity contribution in [3.8, 4) is 0 Å². The van der Waals surface area contributed by atoms with Gasteiger partial charge in [0.2, 0.25) is 5.91 Å². The van der Waals surface area contributed by atoms with Gasteiger partial charge in [-0.05, 0) is 19.3 Å². The third-order valence-electron chi connectivity index (χ3n) is 4.80. The summed E-state index contributed by atoms with van der Waals surface area (Å²) < 4.78 is 11.0. The Morgan fingerprint density at radius 2 is 1.91 bits per heavy atom. The van der Waals surface area contributed by atoms with E-state index >= 15 is 0 Å². The Balaban J connectivity index is 0.00000132. The largest absolute Gasteiger partial charge is 0.379 e. The first-order valence-electron chi connectivity index (χ1n) is 8.18. The highest BCUT2D eigenvalue weighted by Gasteiger charge is 2.35. The fourth-order valence-corrected chi connectivity index (χ4v) is 3.54. The van der Waals surface area contributed by atoms with Crippen LogP contribution in [0.3, 0.4) is 0 Å². The van der Waals surface area contributed by atoms with E-state index in [9.17, 15) is 4.79 Å². The summed E-state index contributed by atoms with van der Waals surface area (Å²) in [5.41, 5.74) is 0. The van der Waals surface area contributed by atoms with Crippen LogP contribution in [0.25, 0.3) is 0 Å². The summed E-state index contributed by atoms with van der Waals surface area (Å²) in [7, 11) is 0. The normalized spacial score (nSPS) is 32.0. The molecule has 0 radical (unpaired) electrons. The highest BCUT2D eigenvalue weighted by Crippen LogP contribution is 2.20. The van der Waals surface area contributed by atoms with Crippen LogP contribution in [0.5, 0.6) is 0 Å². The van der Waals surface area contributed by atoms with Crippen molar-refractivity contribution in [1.82, 2.24) is 15.1 Å². The molecule has 3 saturated heterocycles. The minimum atomic E-state index is -0.166. The third-order valence-corrected chi connectivity index (χ3v) is 4.80. The smallest absolute Gasteiger partial charge is 0.242 e. The molecule has 0 aromatic carbocycles. The van der Waals surface area contributed by atoms with Crippen LogP contribution in [-0.2, 0) is 14.3 Å². The maximum absolute atomic E-state index is 12.6. The van der Waals surface area contributed by atoms with E-state index < -0.39 is 0 Å². The summed E-state index contributed by atoms with van der Waals surface area (Å²) in [5.74, 6) is 0.818. The first-order chi connectivity index (χ1) is 10.2. The Bertz CT molecular complexity index is 370. The van der Waals surface area contributed by atoms with Crippen molar-refractivity contribution in [3.05, 3.63) is 0 Å². The van der Waals surface area contributed by atoms with Gasteiger partial charge in [-0.2, -0.15) is 0 Å². The van der Waals surface area contributed by atoms with E-state index in [2.05, 4.69) is 10.2 Å². The quantitative estimate of drug-likeness (QED) is 0.779. The molecule has 23 heavy (non-hydrogen) atoms. The minimum Gasteiger partial charge on any atom is -0.379 e. The summed E-state index contributed by atoms with van der Waals surface area (Å²) in [6.07, 6.45) is 1.09. The highest BCUT2D eigenvalue weighted by molar-refractivity contribution is 5.85. The number of carbonyl (C=O) groups excluding carboxylic acids is 1. The van der Waals surface area contributed by atoms with Gasteiger partial charge in [-0.1, -0.05) is 0 Å². The van der Waals surface area contributed by atoms with E-state index in [1.165, 1.54) is 0 Å². The molecule has 3 heterocycles. The van der Waals surface area contributed by atoms with Crippen LogP contribution in [0.15, 0.2) is 0 Å². The second-order valence-electron chi connectivity index (χ2n) is 6.36. The summed E-state index contributed by atoms with van der Waals surface area (Å²) in [6.45, 7) is 10.1. The summed E-state index contributed by atoms with van der Waals surface area (Å²) >= 11 is 0. The lowest BCUT2D eigenvalue weighted by Gasteiger charge is -2.32. The Morgan fingerprint density at radius 3 is 2.61 bits per heavy atom. The van der Waals surface area contributed by atoms with E-state index in [1.807, 2.05) is 11.8 Å². The van der Waals surface area contributed by atoms with Crippen molar-refractivity contribution in [2.75, 3.05) is 59.1 Å². The molecule has 0 spiro atoms. The van der Waals surface area contributed by atoms with E-state index in [-0.39, 0.29) is 42.9 Å². The molecule has 3 atom stereocenters. The molecule has 8 heteroatoms. The molecule has 0 saturated carbocycles. The van der Waals surface area contributed by atoms with Crippen molar-refractivity contribution in [2.45, 2.75) is 25.5 Å². The lowest BCUT2D eigenvalue weighted by molar-refractivity contribution is -0.138. The number of hydrogen-bond acceptors (Lipinski definition) is 5. The van der Waals surface area contributed by atoms with Gasteiger partial charge < -0.3 is 19.7 Å². The van der Waals surface area contributed by atoms with Gasteiger partial charge in [-0.25, -0.2) is 0 Å². The SMILES string of the molecule is C[C@H]1OCCN[C@@H]1C(=O)N1CCC(CN2CCOCC2)C1.Cl.Cl. The van der Waals surface area contributed by atoms with Crippen LogP contribution in [0.4, 0.5) is 0 Å². The molecule has 136 valence electrons. The van der Waals surface area contributed by atoms with Crippen molar-refractivity contribution in [2.24, 2.45) is 5.92 Å². The van der Waals surface area contributed by atoms with Crippen LogP contribution in [-0.4, -0.2) is 86.9 Å². The molecule has 3 fully saturated rings. The number of nitrogens with zero attached hydrogens (tertiary/aromatic N) is 2. The Morgan fingerprint density at radius 1 is 1.17 bits per heavy atom. The summed E-state index contributed by atoms with van der Waals surface area (Å²) in [6, 6.07) is -0.166. The van der Waals surface area contributed by atoms with Gasteiger partial charge in [-0.3, -0.25) is 9.69 Å². The van der Waals surface area contributed by atoms with Gasteiger partial charge in [0, 0.05) is 39.3 Å². The standard InChI is InChI=1S/C15H27N3O3.2ClH/c1-12-14(16-3-7-21-12)15(19)18-4-2-13(11-18)10-17-5-8-20-9-6-17;;/h12-14,16H,2-11H2,1H3;2*1H/t12-,13?,14+;;/m1../s1. The Kier molecular flexibility index (Phi) is 9.11. The number of amides is 1. The van der Waals surface area contributed by atoms with Gasteiger partial charge in [0.15, 0.2) is 0 Å². The van der Waals surface area contributed by atoms with Crippen LogP contribution in [0.1, 0.15) is 13.3 Å². The molecule has 3 aliphatic heterocycles. The lowest BCUT2D eigenvalue weighted by Crippen LogP contribution is -2.56. The monoisotopic (exact) mass is 369 g/mol. The number of carbonyl (C=O) groups is 1. The first kappa shape index (κ1) is 20.9. The van der Waals surface area contributed by atoms with E-state index in [1.54, 1.807) is 0 Å². The molecule has 6 nitrogen and oxygen atoms in total. The molecule has 0 aromatic heterocycles. The van der Waals surface area contributed by atoms with Crippen LogP contribution in [0, 0.1) is 5.92 Å². The van der Waals surface area contributed by atoms with Crippen molar-refractivity contribution in [3.63, 3.8) is 0 Å².